The average molecular weight is 174 g/mol. The lowest BCUT2D eigenvalue weighted by Gasteiger charge is -2.28. The summed E-state index contributed by atoms with van der Waals surface area (Å²) in [6, 6.07) is 0. The number of carbonyl (C=O) groups excluding carboxylic acids is 1. The number of carbonyl (C=O) groups is 1. The molecule has 0 spiro atoms. The van der Waals surface area contributed by atoms with Gasteiger partial charge in [-0.2, -0.15) is 0 Å². The third kappa shape index (κ3) is 3.32. The molecule has 0 radical (unpaired) electrons. The van der Waals surface area contributed by atoms with E-state index in [0.717, 1.165) is 6.29 Å². The van der Waals surface area contributed by atoms with Crippen molar-refractivity contribution in [3.63, 3.8) is 0 Å². The highest BCUT2D eigenvalue weighted by molar-refractivity contribution is 5.59. The molecular weight excluding hydrogens is 156 g/mol. The molecule has 0 bridgehead atoms. The third-order valence-corrected chi connectivity index (χ3v) is 1.89. The molecule has 3 nitrogen and oxygen atoms in total. The number of hydrogen-bond acceptors (Lipinski definition) is 3. The van der Waals surface area contributed by atoms with Gasteiger partial charge in [0.05, 0.1) is 6.10 Å². The van der Waals surface area contributed by atoms with Crippen molar-refractivity contribution >= 4 is 6.29 Å². The molecule has 0 aliphatic carbocycles. The van der Waals surface area contributed by atoms with Crippen molar-refractivity contribution in [3.05, 3.63) is 0 Å². The number of hydrogen-bond donors (Lipinski definition) is 1. The maximum Gasteiger partial charge on any atom is 0.128 e. The van der Waals surface area contributed by atoms with Gasteiger partial charge in [-0.25, -0.2) is 0 Å². The number of rotatable bonds is 6. The molecule has 3 heteroatoms. The van der Waals surface area contributed by atoms with Crippen LogP contribution in [-0.4, -0.2) is 30.7 Å². The van der Waals surface area contributed by atoms with Crippen molar-refractivity contribution in [2.45, 2.75) is 33.3 Å². The molecule has 0 fully saturated rings. The fourth-order valence-corrected chi connectivity index (χ4v) is 1.06. The van der Waals surface area contributed by atoms with Crippen molar-refractivity contribution in [2.75, 3.05) is 13.2 Å². The van der Waals surface area contributed by atoms with Gasteiger partial charge < -0.3 is 14.6 Å². The Morgan fingerprint density at radius 2 is 2.17 bits per heavy atom. The highest BCUT2D eigenvalue weighted by Crippen LogP contribution is 2.22. The maximum absolute atomic E-state index is 10.7. The first kappa shape index (κ1) is 11.6. The van der Waals surface area contributed by atoms with Gasteiger partial charge >= 0.3 is 0 Å². The Labute approximate surface area is 73.7 Å². The summed E-state index contributed by atoms with van der Waals surface area (Å²) in [5.74, 6) is 0. The van der Waals surface area contributed by atoms with E-state index in [4.69, 9.17) is 9.84 Å². The summed E-state index contributed by atoms with van der Waals surface area (Å²) in [4.78, 5) is 10.7. The lowest BCUT2D eigenvalue weighted by molar-refractivity contribution is -0.123. The predicted octanol–water partition coefficient (Wildman–Crippen LogP) is 0.999. The molecule has 12 heavy (non-hydrogen) atoms. The molecule has 0 aromatic carbocycles. The molecule has 0 aromatic heterocycles. The Hall–Kier alpha value is -0.410. The van der Waals surface area contributed by atoms with Crippen LogP contribution in [0.3, 0.4) is 0 Å². The van der Waals surface area contributed by atoms with Crippen LogP contribution in [-0.2, 0) is 9.53 Å². The van der Waals surface area contributed by atoms with Gasteiger partial charge in [0.1, 0.15) is 6.29 Å². The first-order chi connectivity index (χ1) is 5.58. The monoisotopic (exact) mass is 174 g/mol. The van der Waals surface area contributed by atoms with Crippen molar-refractivity contribution in [3.8, 4) is 0 Å². The van der Waals surface area contributed by atoms with Crippen LogP contribution in [0.2, 0.25) is 0 Å². The van der Waals surface area contributed by atoms with E-state index >= 15 is 0 Å². The van der Waals surface area contributed by atoms with Crippen molar-refractivity contribution < 1.29 is 14.6 Å². The second-order valence-corrected chi connectivity index (χ2v) is 3.40. The Balaban J connectivity index is 4.16. The molecule has 0 saturated heterocycles. The molecule has 72 valence electrons. The largest absolute Gasteiger partial charge is 0.396 e. The first-order valence-corrected chi connectivity index (χ1v) is 4.27. The Bertz CT molecular complexity index is 126. The minimum atomic E-state index is -0.501. The number of ether oxygens (including phenoxy) is 1. The van der Waals surface area contributed by atoms with Gasteiger partial charge in [0.25, 0.3) is 0 Å². The zero-order valence-electron chi connectivity index (χ0n) is 8.04. The van der Waals surface area contributed by atoms with Crippen LogP contribution < -0.4 is 0 Å². The molecule has 0 aromatic rings. The van der Waals surface area contributed by atoms with Crippen LogP contribution in [0.4, 0.5) is 0 Å². The standard InChI is InChI=1S/C9H18O3/c1-4-12-8(5-6-10)9(2,3)7-11/h7-8,10H,4-6H2,1-3H3/t8-/m1/s1. The molecule has 0 aliphatic rings. The highest BCUT2D eigenvalue weighted by Gasteiger charge is 2.28. The van der Waals surface area contributed by atoms with E-state index in [1.54, 1.807) is 0 Å². The highest BCUT2D eigenvalue weighted by atomic mass is 16.5. The maximum atomic E-state index is 10.7. The molecule has 1 N–H and O–H groups in total. The lowest BCUT2D eigenvalue weighted by Crippen LogP contribution is -2.34. The van der Waals surface area contributed by atoms with Crippen molar-refractivity contribution in [1.29, 1.82) is 0 Å². The Morgan fingerprint density at radius 1 is 1.58 bits per heavy atom. The van der Waals surface area contributed by atoms with Crippen LogP contribution in [0.1, 0.15) is 27.2 Å². The van der Waals surface area contributed by atoms with Crippen LogP contribution >= 0.6 is 0 Å². The van der Waals surface area contributed by atoms with Crippen molar-refractivity contribution in [1.82, 2.24) is 0 Å². The summed E-state index contributed by atoms with van der Waals surface area (Å²) in [5, 5.41) is 8.73. The quantitative estimate of drug-likeness (QED) is 0.611. The van der Waals surface area contributed by atoms with E-state index in [9.17, 15) is 4.79 Å². The van der Waals surface area contributed by atoms with E-state index in [1.165, 1.54) is 0 Å². The van der Waals surface area contributed by atoms with Gasteiger partial charge in [-0.3, -0.25) is 0 Å². The number of aliphatic hydroxyl groups is 1. The first-order valence-electron chi connectivity index (χ1n) is 4.27. The fraction of sp³-hybridized carbons (Fsp3) is 0.889. The topological polar surface area (TPSA) is 46.5 Å². The second-order valence-electron chi connectivity index (χ2n) is 3.40. The molecule has 1 atom stereocenters. The fourth-order valence-electron chi connectivity index (χ4n) is 1.06. The summed E-state index contributed by atoms with van der Waals surface area (Å²) in [5.41, 5.74) is -0.501. The summed E-state index contributed by atoms with van der Waals surface area (Å²) in [7, 11) is 0. The van der Waals surface area contributed by atoms with Gasteiger partial charge in [-0.05, 0) is 13.3 Å². The summed E-state index contributed by atoms with van der Waals surface area (Å²) in [6.07, 6.45) is 1.22. The van der Waals surface area contributed by atoms with Gasteiger partial charge in [-0.15, -0.1) is 0 Å². The number of aldehydes is 1. The summed E-state index contributed by atoms with van der Waals surface area (Å²) in [6.45, 7) is 6.14. The minimum absolute atomic E-state index is 0.0575. The normalized spacial score (nSPS) is 14.3. The van der Waals surface area contributed by atoms with Gasteiger partial charge in [-0.1, -0.05) is 13.8 Å². The van der Waals surface area contributed by atoms with E-state index in [2.05, 4.69) is 0 Å². The SMILES string of the molecule is CCO[C@H](CCO)C(C)(C)C=O. The molecule has 0 amide bonds. The third-order valence-electron chi connectivity index (χ3n) is 1.89. The lowest BCUT2D eigenvalue weighted by atomic mass is 9.86. The van der Waals surface area contributed by atoms with Crippen LogP contribution in [0.15, 0.2) is 0 Å². The summed E-state index contributed by atoms with van der Waals surface area (Å²) >= 11 is 0. The second kappa shape index (κ2) is 5.27. The zero-order chi connectivity index (χ0) is 9.61. The molecule has 0 unspecified atom stereocenters. The molecule has 0 aliphatic heterocycles. The van der Waals surface area contributed by atoms with Crippen LogP contribution in [0.25, 0.3) is 0 Å². The van der Waals surface area contributed by atoms with E-state index < -0.39 is 5.41 Å². The van der Waals surface area contributed by atoms with Crippen LogP contribution in [0.5, 0.6) is 0 Å². The van der Waals surface area contributed by atoms with E-state index in [1.807, 2.05) is 20.8 Å². The molecule has 0 saturated carbocycles. The van der Waals surface area contributed by atoms with Gasteiger partial charge in [0, 0.05) is 18.6 Å². The predicted molar refractivity (Wildman–Crippen MR) is 47.0 cm³/mol. The number of aliphatic hydroxyl groups excluding tert-OH is 1. The minimum Gasteiger partial charge on any atom is -0.396 e. The molecule has 0 heterocycles. The van der Waals surface area contributed by atoms with Crippen LogP contribution in [0, 0.1) is 5.41 Å². The Kier molecular flexibility index (Phi) is 5.09. The van der Waals surface area contributed by atoms with E-state index in [-0.39, 0.29) is 12.7 Å². The summed E-state index contributed by atoms with van der Waals surface area (Å²) < 4.78 is 5.35. The zero-order valence-corrected chi connectivity index (χ0v) is 8.04. The van der Waals surface area contributed by atoms with E-state index in [0.29, 0.717) is 13.0 Å². The van der Waals surface area contributed by atoms with Gasteiger partial charge in [0.15, 0.2) is 0 Å². The smallest absolute Gasteiger partial charge is 0.128 e. The van der Waals surface area contributed by atoms with Crippen molar-refractivity contribution in [2.24, 2.45) is 5.41 Å². The molecule has 0 rings (SSSR count). The molecular formula is C9H18O3. The Morgan fingerprint density at radius 3 is 2.50 bits per heavy atom. The van der Waals surface area contributed by atoms with Gasteiger partial charge in [0.2, 0.25) is 0 Å². The average Bonchev–Trinajstić information content (AvgIpc) is 2.04.